The van der Waals surface area contributed by atoms with Crippen LogP contribution in [0.1, 0.15) is 65.7 Å². The summed E-state index contributed by atoms with van der Waals surface area (Å²) < 4.78 is 0. The van der Waals surface area contributed by atoms with E-state index in [1.165, 1.54) is 25.7 Å². The Bertz CT molecular complexity index is 235. The van der Waals surface area contributed by atoms with Crippen molar-refractivity contribution < 1.29 is 4.79 Å². The fourth-order valence-corrected chi connectivity index (χ4v) is 2.63. The molecule has 1 fully saturated rings. The topological polar surface area (TPSA) is 32.3 Å². The van der Waals surface area contributed by atoms with Gasteiger partial charge in [0.2, 0.25) is 5.91 Å². The summed E-state index contributed by atoms with van der Waals surface area (Å²) in [7, 11) is 0. The largest absolute Gasteiger partial charge is 0.340 e. The summed E-state index contributed by atoms with van der Waals surface area (Å²) in [4.78, 5) is 14.4. The third-order valence-electron chi connectivity index (χ3n) is 3.78. The Morgan fingerprint density at radius 3 is 2.67 bits per heavy atom. The van der Waals surface area contributed by atoms with Crippen molar-refractivity contribution in [1.82, 2.24) is 10.2 Å². The highest BCUT2D eigenvalue weighted by molar-refractivity contribution is 5.77. The standard InChI is InChI=1S/C15H30N2O/c1-4-5-8-11-17(13(2)3)15(18)12-14-9-6-7-10-16-14/h13-14,16H,4-12H2,1-3H3. The Labute approximate surface area is 112 Å². The minimum Gasteiger partial charge on any atom is -0.340 e. The van der Waals surface area contributed by atoms with Crippen molar-refractivity contribution in [3.63, 3.8) is 0 Å². The first-order valence-corrected chi connectivity index (χ1v) is 7.68. The van der Waals surface area contributed by atoms with E-state index in [0.29, 0.717) is 24.4 Å². The predicted molar refractivity (Wildman–Crippen MR) is 76.6 cm³/mol. The summed E-state index contributed by atoms with van der Waals surface area (Å²) in [5, 5.41) is 3.46. The van der Waals surface area contributed by atoms with Crippen LogP contribution in [-0.4, -0.2) is 36.0 Å². The second-order valence-corrected chi connectivity index (χ2v) is 5.74. The molecule has 0 aliphatic carbocycles. The number of unbranched alkanes of at least 4 members (excludes halogenated alkanes) is 2. The summed E-state index contributed by atoms with van der Waals surface area (Å²) >= 11 is 0. The number of carbonyl (C=O) groups is 1. The predicted octanol–water partition coefficient (Wildman–Crippen LogP) is 2.95. The molecule has 1 unspecified atom stereocenters. The normalized spacial score (nSPS) is 20.1. The Hall–Kier alpha value is -0.570. The van der Waals surface area contributed by atoms with Crippen molar-refractivity contribution in [2.45, 2.75) is 77.8 Å². The number of hydrogen-bond donors (Lipinski definition) is 1. The van der Waals surface area contributed by atoms with Crippen molar-refractivity contribution >= 4 is 5.91 Å². The molecule has 106 valence electrons. The van der Waals surface area contributed by atoms with Gasteiger partial charge < -0.3 is 10.2 Å². The third kappa shape index (κ3) is 5.38. The second-order valence-electron chi connectivity index (χ2n) is 5.74. The summed E-state index contributed by atoms with van der Waals surface area (Å²) in [6.07, 6.45) is 7.94. The maximum atomic E-state index is 12.3. The number of rotatable bonds is 7. The number of nitrogens with zero attached hydrogens (tertiary/aromatic N) is 1. The molecule has 1 saturated heterocycles. The number of hydrogen-bond acceptors (Lipinski definition) is 2. The summed E-state index contributed by atoms with van der Waals surface area (Å²) in [6.45, 7) is 8.45. The fourth-order valence-electron chi connectivity index (χ4n) is 2.63. The van der Waals surface area contributed by atoms with Gasteiger partial charge in [-0.3, -0.25) is 4.79 Å². The highest BCUT2D eigenvalue weighted by Gasteiger charge is 2.21. The second kappa shape index (κ2) is 8.52. The number of nitrogens with one attached hydrogen (secondary N) is 1. The first-order chi connectivity index (χ1) is 8.65. The van der Waals surface area contributed by atoms with Gasteiger partial charge in [0.15, 0.2) is 0 Å². The molecule has 3 nitrogen and oxygen atoms in total. The molecule has 1 atom stereocenters. The van der Waals surface area contributed by atoms with Crippen LogP contribution in [0.25, 0.3) is 0 Å². The minimum absolute atomic E-state index is 0.331. The molecule has 0 saturated carbocycles. The fraction of sp³-hybridized carbons (Fsp3) is 0.933. The van der Waals surface area contributed by atoms with Gasteiger partial charge in [-0.05, 0) is 39.7 Å². The highest BCUT2D eigenvalue weighted by Crippen LogP contribution is 2.13. The van der Waals surface area contributed by atoms with Crippen molar-refractivity contribution in [1.29, 1.82) is 0 Å². The molecular formula is C15H30N2O. The van der Waals surface area contributed by atoms with E-state index in [1.807, 2.05) is 0 Å². The lowest BCUT2D eigenvalue weighted by Crippen LogP contribution is -2.43. The van der Waals surface area contributed by atoms with Gasteiger partial charge in [-0.15, -0.1) is 0 Å². The lowest BCUT2D eigenvalue weighted by atomic mass is 10.0. The monoisotopic (exact) mass is 254 g/mol. The van der Waals surface area contributed by atoms with E-state index in [0.717, 1.165) is 25.9 Å². The Balaban J connectivity index is 2.37. The summed E-state index contributed by atoms with van der Waals surface area (Å²) in [6, 6.07) is 0.747. The summed E-state index contributed by atoms with van der Waals surface area (Å²) in [5.74, 6) is 0.334. The van der Waals surface area contributed by atoms with E-state index >= 15 is 0 Å². The molecule has 0 aromatic rings. The van der Waals surface area contributed by atoms with Crippen LogP contribution in [0.5, 0.6) is 0 Å². The Kier molecular flexibility index (Phi) is 7.33. The number of carbonyl (C=O) groups excluding carboxylic acids is 1. The molecule has 18 heavy (non-hydrogen) atoms. The molecule has 0 aromatic heterocycles. The molecule has 0 radical (unpaired) electrons. The lowest BCUT2D eigenvalue weighted by Gasteiger charge is -2.30. The number of piperidine rings is 1. The molecule has 1 aliphatic heterocycles. The number of amides is 1. The molecule has 0 bridgehead atoms. The van der Waals surface area contributed by atoms with Gasteiger partial charge in [0.05, 0.1) is 0 Å². The van der Waals surface area contributed by atoms with Crippen molar-refractivity contribution in [3.8, 4) is 0 Å². The van der Waals surface area contributed by atoms with Crippen LogP contribution in [0.15, 0.2) is 0 Å². The molecular weight excluding hydrogens is 224 g/mol. The molecule has 1 heterocycles. The molecule has 1 rings (SSSR count). The third-order valence-corrected chi connectivity index (χ3v) is 3.78. The van der Waals surface area contributed by atoms with Crippen LogP contribution in [0.2, 0.25) is 0 Å². The minimum atomic E-state index is 0.331. The summed E-state index contributed by atoms with van der Waals surface area (Å²) in [5.41, 5.74) is 0. The zero-order chi connectivity index (χ0) is 13.4. The van der Waals surface area contributed by atoms with Crippen LogP contribution in [0.4, 0.5) is 0 Å². The van der Waals surface area contributed by atoms with E-state index in [1.54, 1.807) is 0 Å². The van der Waals surface area contributed by atoms with E-state index in [2.05, 4.69) is 31.0 Å². The first kappa shape index (κ1) is 15.5. The van der Waals surface area contributed by atoms with Gasteiger partial charge in [-0.25, -0.2) is 0 Å². The molecule has 3 heteroatoms. The first-order valence-electron chi connectivity index (χ1n) is 7.68. The Morgan fingerprint density at radius 2 is 2.11 bits per heavy atom. The smallest absolute Gasteiger partial charge is 0.224 e. The van der Waals surface area contributed by atoms with Crippen LogP contribution in [0, 0.1) is 0 Å². The average molecular weight is 254 g/mol. The van der Waals surface area contributed by atoms with Crippen LogP contribution < -0.4 is 5.32 Å². The maximum Gasteiger partial charge on any atom is 0.224 e. The quantitative estimate of drug-likeness (QED) is 0.708. The van der Waals surface area contributed by atoms with Crippen LogP contribution in [0.3, 0.4) is 0 Å². The van der Waals surface area contributed by atoms with Crippen LogP contribution in [-0.2, 0) is 4.79 Å². The Morgan fingerprint density at radius 1 is 1.33 bits per heavy atom. The SMILES string of the molecule is CCCCCN(C(=O)CC1CCCCN1)C(C)C. The van der Waals surface area contributed by atoms with Crippen molar-refractivity contribution in [2.75, 3.05) is 13.1 Å². The van der Waals surface area contributed by atoms with Gasteiger partial charge in [-0.2, -0.15) is 0 Å². The van der Waals surface area contributed by atoms with Gasteiger partial charge in [-0.1, -0.05) is 26.2 Å². The molecule has 0 spiro atoms. The lowest BCUT2D eigenvalue weighted by molar-refractivity contribution is -0.133. The molecule has 1 N–H and O–H groups in total. The van der Waals surface area contributed by atoms with Crippen molar-refractivity contribution in [3.05, 3.63) is 0 Å². The molecule has 1 amide bonds. The zero-order valence-corrected chi connectivity index (χ0v) is 12.4. The van der Waals surface area contributed by atoms with E-state index in [9.17, 15) is 4.79 Å². The molecule has 1 aliphatic rings. The van der Waals surface area contributed by atoms with E-state index in [4.69, 9.17) is 0 Å². The van der Waals surface area contributed by atoms with E-state index < -0.39 is 0 Å². The van der Waals surface area contributed by atoms with Gasteiger partial charge >= 0.3 is 0 Å². The van der Waals surface area contributed by atoms with Gasteiger partial charge in [0.1, 0.15) is 0 Å². The zero-order valence-electron chi connectivity index (χ0n) is 12.4. The molecule has 0 aromatic carbocycles. The van der Waals surface area contributed by atoms with Crippen LogP contribution >= 0.6 is 0 Å². The van der Waals surface area contributed by atoms with Gasteiger partial charge in [0.25, 0.3) is 0 Å². The van der Waals surface area contributed by atoms with E-state index in [-0.39, 0.29) is 0 Å². The van der Waals surface area contributed by atoms with Crippen molar-refractivity contribution in [2.24, 2.45) is 0 Å². The maximum absolute atomic E-state index is 12.3. The average Bonchev–Trinajstić information content (AvgIpc) is 2.35. The van der Waals surface area contributed by atoms with Gasteiger partial charge in [0, 0.05) is 25.0 Å². The highest BCUT2D eigenvalue weighted by atomic mass is 16.2.